The Kier molecular flexibility index (Phi) is 6.07. The molecule has 0 fully saturated rings. The molecule has 0 aliphatic heterocycles. The number of nitrogens with two attached hydrogens (primary N) is 1. The van der Waals surface area contributed by atoms with E-state index in [1.54, 1.807) is 19.1 Å². The van der Waals surface area contributed by atoms with Gasteiger partial charge in [0.15, 0.2) is 11.5 Å². The van der Waals surface area contributed by atoms with Crippen LogP contribution in [0.5, 0.6) is 11.5 Å². The molecule has 1 heterocycles. The van der Waals surface area contributed by atoms with Crippen LogP contribution >= 0.6 is 11.8 Å². The highest BCUT2D eigenvalue weighted by atomic mass is 32.2. The van der Waals surface area contributed by atoms with E-state index in [1.165, 1.54) is 17.8 Å². The lowest BCUT2D eigenvalue weighted by molar-refractivity contribution is 0.318. The molecule has 1 aromatic carbocycles. The van der Waals surface area contributed by atoms with E-state index in [1.807, 2.05) is 6.07 Å². The molecule has 0 unspecified atom stereocenters. The molecule has 0 spiro atoms. The molecule has 2 aromatic rings. The van der Waals surface area contributed by atoms with E-state index in [4.69, 9.17) is 15.6 Å². The number of pyridine rings is 1. The van der Waals surface area contributed by atoms with Gasteiger partial charge >= 0.3 is 0 Å². The standard InChI is InChI=1S/C17H16N4O3S/c1-2-24-14-7-10(3-4-13(14)23)15-11(8-18)16(20)21-17(12(15)9-19)25-6-5-22/h3-4,7,22-23H,2,5-6H2,1H3,(H2,20,21). The van der Waals surface area contributed by atoms with Crippen molar-refractivity contribution in [2.24, 2.45) is 0 Å². The number of aromatic hydroxyl groups is 1. The van der Waals surface area contributed by atoms with Crippen molar-refractivity contribution in [3.05, 3.63) is 29.3 Å². The molecule has 0 saturated carbocycles. The fraction of sp³-hybridized carbons (Fsp3) is 0.235. The lowest BCUT2D eigenvalue weighted by Crippen LogP contribution is -2.04. The summed E-state index contributed by atoms with van der Waals surface area (Å²) >= 11 is 1.18. The number of nitriles is 2. The number of ether oxygens (including phenoxy) is 1. The fourth-order valence-electron chi connectivity index (χ4n) is 2.27. The Morgan fingerprint density at radius 1 is 1.28 bits per heavy atom. The van der Waals surface area contributed by atoms with Crippen LogP contribution in [0.1, 0.15) is 18.1 Å². The second-order valence-electron chi connectivity index (χ2n) is 4.84. The summed E-state index contributed by atoms with van der Waals surface area (Å²) in [7, 11) is 0. The first-order valence-corrected chi connectivity index (χ1v) is 8.39. The topological polar surface area (TPSA) is 136 Å². The van der Waals surface area contributed by atoms with Crippen LogP contribution in [0.3, 0.4) is 0 Å². The molecular weight excluding hydrogens is 340 g/mol. The highest BCUT2D eigenvalue weighted by molar-refractivity contribution is 7.99. The van der Waals surface area contributed by atoms with Gasteiger partial charge in [0, 0.05) is 11.3 Å². The summed E-state index contributed by atoms with van der Waals surface area (Å²) in [5.74, 6) is 0.543. The first kappa shape index (κ1) is 18.4. The number of benzene rings is 1. The maximum Gasteiger partial charge on any atom is 0.161 e. The number of thioether (sulfide) groups is 1. The van der Waals surface area contributed by atoms with E-state index < -0.39 is 0 Å². The van der Waals surface area contributed by atoms with Crippen molar-refractivity contribution < 1.29 is 14.9 Å². The Bertz CT molecular complexity index is 872. The molecule has 1 aromatic heterocycles. The normalized spacial score (nSPS) is 10.1. The van der Waals surface area contributed by atoms with E-state index in [-0.39, 0.29) is 35.1 Å². The first-order chi connectivity index (χ1) is 12.1. The predicted molar refractivity (Wildman–Crippen MR) is 94.2 cm³/mol. The zero-order chi connectivity index (χ0) is 18.4. The molecule has 128 valence electrons. The third kappa shape index (κ3) is 3.77. The summed E-state index contributed by atoms with van der Waals surface area (Å²) in [6.45, 7) is 2.05. The number of nitrogens with zero attached hydrogens (tertiary/aromatic N) is 3. The number of aromatic nitrogens is 1. The number of phenolic OH excluding ortho intramolecular Hbond substituents is 1. The van der Waals surface area contributed by atoms with Gasteiger partial charge in [0.2, 0.25) is 0 Å². The van der Waals surface area contributed by atoms with Crippen LogP contribution in [-0.4, -0.2) is 34.2 Å². The summed E-state index contributed by atoms with van der Waals surface area (Å²) in [6.07, 6.45) is 0. The monoisotopic (exact) mass is 356 g/mol. The van der Waals surface area contributed by atoms with Crippen molar-refractivity contribution in [2.75, 3.05) is 24.7 Å². The van der Waals surface area contributed by atoms with Gasteiger partial charge in [0.05, 0.1) is 18.8 Å². The molecule has 0 saturated heterocycles. The Balaban J connectivity index is 2.75. The quantitative estimate of drug-likeness (QED) is 0.670. The largest absolute Gasteiger partial charge is 0.504 e. The van der Waals surface area contributed by atoms with E-state index in [9.17, 15) is 15.6 Å². The number of aliphatic hydroxyl groups excluding tert-OH is 1. The number of hydrogen-bond acceptors (Lipinski definition) is 8. The van der Waals surface area contributed by atoms with E-state index in [0.717, 1.165) is 0 Å². The zero-order valence-electron chi connectivity index (χ0n) is 13.5. The fourth-order valence-corrected chi connectivity index (χ4v) is 3.01. The Hall–Kier alpha value is -2.94. The molecule has 2 rings (SSSR count). The average molecular weight is 356 g/mol. The third-order valence-corrected chi connectivity index (χ3v) is 4.25. The number of rotatable bonds is 6. The van der Waals surface area contributed by atoms with Gasteiger partial charge < -0.3 is 20.7 Å². The summed E-state index contributed by atoms with van der Waals surface area (Å²) < 4.78 is 5.37. The Morgan fingerprint density at radius 2 is 2.00 bits per heavy atom. The molecule has 0 atom stereocenters. The number of nitrogen functional groups attached to an aromatic ring is 1. The van der Waals surface area contributed by atoms with Crippen LogP contribution in [0.2, 0.25) is 0 Å². The molecule has 8 heteroatoms. The SMILES string of the molecule is CCOc1cc(-c2c(C#N)c(N)nc(SCCO)c2C#N)ccc1O. The van der Waals surface area contributed by atoms with Gasteiger partial charge in [-0.15, -0.1) is 11.8 Å². The highest BCUT2D eigenvalue weighted by Crippen LogP contribution is 2.38. The second-order valence-corrected chi connectivity index (χ2v) is 5.92. The number of aliphatic hydroxyl groups is 1. The molecule has 0 bridgehead atoms. The second kappa shape index (κ2) is 8.25. The Labute approximate surface area is 149 Å². The maximum absolute atomic E-state index is 9.87. The van der Waals surface area contributed by atoms with Crippen LogP contribution in [0.15, 0.2) is 23.2 Å². The lowest BCUT2D eigenvalue weighted by Gasteiger charge is -2.14. The van der Waals surface area contributed by atoms with Gasteiger partial charge in [0.1, 0.15) is 28.5 Å². The molecular formula is C17H16N4O3S. The van der Waals surface area contributed by atoms with Crippen molar-refractivity contribution in [3.8, 4) is 34.8 Å². The molecule has 4 N–H and O–H groups in total. The van der Waals surface area contributed by atoms with Gasteiger partial charge in [-0.1, -0.05) is 6.07 Å². The van der Waals surface area contributed by atoms with Gasteiger partial charge in [-0.2, -0.15) is 10.5 Å². The lowest BCUT2D eigenvalue weighted by atomic mass is 9.96. The maximum atomic E-state index is 9.87. The minimum absolute atomic E-state index is 0.00275. The molecule has 0 aliphatic rings. The zero-order valence-corrected chi connectivity index (χ0v) is 14.3. The highest BCUT2D eigenvalue weighted by Gasteiger charge is 2.21. The van der Waals surface area contributed by atoms with E-state index in [0.29, 0.717) is 28.5 Å². The van der Waals surface area contributed by atoms with Crippen LogP contribution in [0, 0.1) is 22.7 Å². The van der Waals surface area contributed by atoms with Crippen molar-refractivity contribution in [3.63, 3.8) is 0 Å². The molecule has 0 amide bonds. The number of anilines is 1. The van der Waals surface area contributed by atoms with Crippen molar-refractivity contribution >= 4 is 17.6 Å². The summed E-state index contributed by atoms with van der Waals surface area (Å²) in [5, 5.41) is 38.3. The molecule has 0 aliphatic carbocycles. The van der Waals surface area contributed by atoms with Crippen LogP contribution < -0.4 is 10.5 Å². The van der Waals surface area contributed by atoms with Crippen LogP contribution in [-0.2, 0) is 0 Å². The number of phenols is 1. The van der Waals surface area contributed by atoms with Gasteiger partial charge in [-0.25, -0.2) is 4.98 Å². The minimum atomic E-state index is -0.0832. The summed E-state index contributed by atoms with van der Waals surface area (Å²) in [4.78, 5) is 4.12. The van der Waals surface area contributed by atoms with Crippen LogP contribution in [0.25, 0.3) is 11.1 Å². The predicted octanol–water partition coefficient (Wildman–Crippen LogP) is 2.26. The van der Waals surface area contributed by atoms with Gasteiger partial charge in [-0.05, 0) is 24.6 Å². The van der Waals surface area contributed by atoms with Crippen LogP contribution in [0.4, 0.5) is 5.82 Å². The summed E-state index contributed by atoms with van der Waals surface area (Å²) in [6, 6.07) is 8.61. The Morgan fingerprint density at radius 3 is 2.60 bits per heavy atom. The summed E-state index contributed by atoms with van der Waals surface area (Å²) in [5.41, 5.74) is 7.01. The van der Waals surface area contributed by atoms with E-state index >= 15 is 0 Å². The van der Waals surface area contributed by atoms with E-state index in [2.05, 4.69) is 11.1 Å². The van der Waals surface area contributed by atoms with Crippen molar-refractivity contribution in [1.82, 2.24) is 4.98 Å². The minimum Gasteiger partial charge on any atom is -0.504 e. The number of hydrogen-bond donors (Lipinski definition) is 3. The van der Waals surface area contributed by atoms with Crippen molar-refractivity contribution in [2.45, 2.75) is 11.9 Å². The molecule has 7 nitrogen and oxygen atoms in total. The third-order valence-electron chi connectivity index (χ3n) is 3.29. The molecule has 0 radical (unpaired) electrons. The van der Waals surface area contributed by atoms with Gasteiger partial charge in [-0.3, -0.25) is 0 Å². The average Bonchev–Trinajstić information content (AvgIpc) is 2.61. The van der Waals surface area contributed by atoms with Crippen molar-refractivity contribution in [1.29, 1.82) is 10.5 Å². The smallest absolute Gasteiger partial charge is 0.161 e. The first-order valence-electron chi connectivity index (χ1n) is 7.40. The molecule has 25 heavy (non-hydrogen) atoms. The van der Waals surface area contributed by atoms with Gasteiger partial charge in [0.25, 0.3) is 0 Å².